The normalized spacial score (nSPS) is 14.9. The molecule has 0 saturated carbocycles. The van der Waals surface area contributed by atoms with Gasteiger partial charge >= 0.3 is 0 Å². The highest BCUT2D eigenvalue weighted by Crippen LogP contribution is 2.35. The zero-order valence-corrected chi connectivity index (χ0v) is 16.5. The van der Waals surface area contributed by atoms with Crippen LogP contribution in [0.25, 0.3) is 27.8 Å². The highest BCUT2D eigenvalue weighted by molar-refractivity contribution is 6.30. The lowest BCUT2D eigenvalue weighted by atomic mass is 10.1. The molecule has 2 aromatic carbocycles. The van der Waals surface area contributed by atoms with Crippen LogP contribution in [0.5, 0.6) is 0 Å². The maximum absolute atomic E-state index is 6.25. The van der Waals surface area contributed by atoms with Gasteiger partial charge in [-0.25, -0.2) is 15.0 Å². The number of aromatic nitrogens is 3. The topological polar surface area (TPSA) is 55.2 Å². The van der Waals surface area contributed by atoms with Crippen molar-refractivity contribution in [1.29, 1.82) is 0 Å². The number of rotatable bonds is 4. The molecule has 2 aromatic heterocycles. The quantitative estimate of drug-likeness (QED) is 0.545. The van der Waals surface area contributed by atoms with Crippen molar-refractivity contribution in [3.05, 3.63) is 72.1 Å². The molecule has 0 radical (unpaired) electrons. The van der Waals surface area contributed by atoms with E-state index in [0.29, 0.717) is 18.2 Å². The predicted octanol–water partition coefficient (Wildman–Crippen LogP) is 4.40. The van der Waals surface area contributed by atoms with E-state index in [1.807, 2.05) is 42.5 Å². The second kappa shape index (κ2) is 7.83. The fourth-order valence-corrected chi connectivity index (χ4v) is 3.82. The van der Waals surface area contributed by atoms with Crippen LogP contribution in [0.1, 0.15) is 0 Å². The Morgan fingerprint density at radius 1 is 0.966 bits per heavy atom. The highest BCUT2D eigenvalue weighted by atomic mass is 35.5. The van der Waals surface area contributed by atoms with Crippen LogP contribution in [0.2, 0.25) is 5.02 Å². The Hall–Kier alpha value is -2.93. The Morgan fingerprint density at radius 2 is 1.79 bits per heavy atom. The highest BCUT2D eigenvalue weighted by Gasteiger charge is 2.19. The number of hydrazine groups is 1. The summed E-state index contributed by atoms with van der Waals surface area (Å²) in [4.78, 5) is 9.18. The van der Waals surface area contributed by atoms with Crippen LogP contribution in [-0.2, 0) is 4.74 Å². The smallest absolute Gasteiger partial charge is 0.153 e. The van der Waals surface area contributed by atoms with Crippen molar-refractivity contribution >= 4 is 28.5 Å². The minimum Gasteiger partial charge on any atom is -0.379 e. The van der Waals surface area contributed by atoms with Gasteiger partial charge in [0.05, 0.1) is 18.6 Å². The van der Waals surface area contributed by atoms with Crippen molar-refractivity contribution in [2.45, 2.75) is 0 Å². The lowest BCUT2D eigenvalue weighted by molar-refractivity contribution is 0.0495. The van der Waals surface area contributed by atoms with Crippen molar-refractivity contribution in [2.24, 2.45) is 0 Å². The van der Waals surface area contributed by atoms with E-state index in [1.165, 1.54) is 0 Å². The third kappa shape index (κ3) is 3.58. The number of hydrogen-bond acceptors (Lipinski definition) is 5. The van der Waals surface area contributed by atoms with E-state index in [2.05, 4.69) is 43.3 Å². The van der Waals surface area contributed by atoms with Gasteiger partial charge in [0.2, 0.25) is 0 Å². The Balaban J connectivity index is 1.70. The Morgan fingerprint density at radius 3 is 2.59 bits per heavy atom. The van der Waals surface area contributed by atoms with Crippen LogP contribution >= 0.6 is 11.6 Å². The van der Waals surface area contributed by atoms with Gasteiger partial charge in [-0.3, -0.25) is 0 Å². The summed E-state index contributed by atoms with van der Waals surface area (Å²) in [6, 6.07) is 18.1. The third-order valence-corrected chi connectivity index (χ3v) is 5.26. The summed E-state index contributed by atoms with van der Waals surface area (Å²) in [5.74, 6) is 0.788. The van der Waals surface area contributed by atoms with Crippen LogP contribution < -0.4 is 5.43 Å². The van der Waals surface area contributed by atoms with E-state index >= 15 is 0 Å². The standard InChI is InChI=1S/C22H20ClN5O/c23-17-7-4-8-18(13-17)28-14-19(16-5-2-1-3-6-16)20-21(24-15-25-22(20)28)26-27-9-11-29-12-10-27/h1-8,13-15H,9-12H2,(H,24,25,26). The average molecular weight is 406 g/mol. The molecule has 0 amide bonds. The van der Waals surface area contributed by atoms with Crippen molar-refractivity contribution in [1.82, 2.24) is 19.5 Å². The molecular formula is C22H20ClN5O. The first-order chi connectivity index (χ1) is 14.3. The number of halogens is 1. The molecule has 0 unspecified atom stereocenters. The van der Waals surface area contributed by atoms with E-state index in [9.17, 15) is 0 Å². The van der Waals surface area contributed by atoms with Crippen molar-refractivity contribution in [3.8, 4) is 16.8 Å². The molecule has 29 heavy (non-hydrogen) atoms. The number of benzene rings is 2. The fraction of sp³-hybridized carbons (Fsp3) is 0.182. The molecule has 3 heterocycles. The van der Waals surface area contributed by atoms with Gasteiger partial charge in [0.15, 0.2) is 11.5 Å². The SMILES string of the molecule is Clc1cccc(-n2cc(-c3ccccc3)c3c(NN4CCOCC4)ncnc32)c1. The summed E-state index contributed by atoms with van der Waals surface area (Å²) < 4.78 is 7.53. The Labute approximate surface area is 173 Å². The van der Waals surface area contributed by atoms with Crippen molar-refractivity contribution < 1.29 is 4.74 Å². The molecule has 4 aromatic rings. The van der Waals surface area contributed by atoms with E-state index in [0.717, 1.165) is 46.8 Å². The summed E-state index contributed by atoms with van der Waals surface area (Å²) in [5, 5.41) is 3.80. The van der Waals surface area contributed by atoms with Gasteiger partial charge in [-0.05, 0) is 23.8 Å². The molecule has 0 aliphatic carbocycles. The molecule has 0 spiro atoms. The Bertz CT molecular complexity index is 1140. The first-order valence-electron chi connectivity index (χ1n) is 9.56. The molecule has 146 valence electrons. The van der Waals surface area contributed by atoms with E-state index < -0.39 is 0 Å². The minimum absolute atomic E-state index is 0.686. The second-order valence-electron chi connectivity index (χ2n) is 6.89. The molecule has 1 aliphatic heterocycles. The Kier molecular flexibility index (Phi) is 4.89. The first kappa shape index (κ1) is 18.1. The van der Waals surface area contributed by atoms with Crippen LogP contribution in [0, 0.1) is 0 Å². The van der Waals surface area contributed by atoms with Crippen molar-refractivity contribution in [3.63, 3.8) is 0 Å². The number of morpholine rings is 1. The molecule has 7 heteroatoms. The zero-order valence-electron chi connectivity index (χ0n) is 15.8. The molecular weight excluding hydrogens is 386 g/mol. The van der Waals surface area contributed by atoms with Crippen LogP contribution in [0.3, 0.4) is 0 Å². The summed E-state index contributed by atoms with van der Waals surface area (Å²) in [5.41, 5.74) is 7.44. The fourth-order valence-electron chi connectivity index (χ4n) is 3.63. The zero-order chi connectivity index (χ0) is 19.6. The van der Waals surface area contributed by atoms with Gasteiger partial charge in [0.25, 0.3) is 0 Å². The van der Waals surface area contributed by atoms with E-state index in [4.69, 9.17) is 16.3 Å². The van der Waals surface area contributed by atoms with Gasteiger partial charge in [0, 0.05) is 35.6 Å². The van der Waals surface area contributed by atoms with E-state index in [-0.39, 0.29) is 0 Å². The number of ether oxygens (including phenoxy) is 1. The lowest BCUT2D eigenvalue weighted by Gasteiger charge is -2.27. The molecule has 1 aliphatic rings. The first-order valence-corrected chi connectivity index (χ1v) is 9.94. The molecule has 0 atom stereocenters. The third-order valence-electron chi connectivity index (χ3n) is 5.03. The molecule has 1 N–H and O–H groups in total. The van der Waals surface area contributed by atoms with Crippen LogP contribution in [0.15, 0.2) is 67.1 Å². The minimum atomic E-state index is 0.686. The number of hydrogen-bond donors (Lipinski definition) is 1. The number of nitrogens with one attached hydrogen (secondary N) is 1. The van der Waals surface area contributed by atoms with Gasteiger partial charge in [-0.1, -0.05) is 48.0 Å². The summed E-state index contributed by atoms with van der Waals surface area (Å²) in [7, 11) is 0. The van der Waals surface area contributed by atoms with Crippen molar-refractivity contribution in [2.75, 3.05) is 31.7 Å². The number of nitrogens with zero attached hydrogens (tertiary/aromatic N) is 4. The predicted molar refractivity (Wildman–Crippen MR) is 115 cm³/mol. The molecule has 1 fully saturated rings. The van der Waals surface area contributed by atoms with Crippen LogP contribution in [0.4, 0.5) is 5.82 Å². The van der Waals surface area contributed by atoms with Gasteiger partial charge < -0.3 is 14.7 Å². The van der Waals surface area contributed by atoms with Gasteiger partial charge in [0.1, 0.15) is 6.33 Å². The maximum Gasteiger partial charge on any atom is 0.153 e. The molecule has 6 nitrogen and oxygen atoms in total. The lowest BCUT2D eigenvalue weighted by Crippen LogP contribution is -2.40. The molecule has 5 rings (SSSR count). The van der Waals surface area contributed by atoms with Gasteiger partial charge in [-0.15, -0.1) is 0 Å². The molecule has 0 bridgehead atoms. The van der Waals surface area contributed by atoms with Crippen LogP contribution in [-0.4, -0.2) is 45.8 Å². The van der Waals surface area contributed by atoms with Gasteiger partial charge in [-0.2, -0.15) is 0 Å². The summed E-state index contributed by atoms with van der Waals surface area (Å²) in [6.45, 7) is 3.02. The maximum atomic E-state index is 6.25. The number of fused-ring (bicyclic) bond motifs is 1. The average Bonchev–Trinajstić information content (AvgIpc) is 3.16. The monoisotopic (exact) mass is 405 g/mol. The molecule has 1 saturated heterocycles. The summed E-state index contributed by atoms with van der Waals surface area (Å²) >= 11 is 6.25. The summed E-state index contributed by atoms with van der Waals surface area (Å²) in [6.07, 6.45) is 3.70. The largest absolute Gasteiger partial charge is 0.379 e. The number of anilines is 1. The van der Waals surface area contributed by atoms with E-state index in [1.54, 1.807) is 6.33 Å². The second-order valence-corrected chi connectivity index (χ2v) is 7.33.